The van der Waals surface area contributed by atoms with Crippen molar-refractivity contribution in [3.63, 3.8) is 0 Å². The number of benzene rings is 3. The molecule has 262 valence electrons. The molecule has 50 heavy (non-hydrogen) atoms. The number of fused-ring (bicyclic) bond motifs is 4. The second-order valence-electron chi connectivity index (χ2n) is 13.2. The van der Waals surface area contributed by atoms with Gasteiger partial charge >= 0.3 is 23.8 Å². The van der Waals surface area contributed by atoms with Crippen LogP contribution >= 0.6 is 0 Å². The highest BCUT2D eigenvalue weighted by Crippen LogP contribution is 2.44. The van der Waals surface area contributed by atoms with Crippen molar-refractivity contribution in [3.8, 4) is 11.1 Å². The number of anilines is 1. The first-order chi connectivity index (χ1) is 23.8. The summed E-state index contributed by atoms with van der Waals surface area (Å²) in [6.07, 6.45) is -0.683. The molecule has 0 fully saturated rings. The molecule has 0 saturated carbocycles. The van der Waals surface area contributed by atoms with Gasteiger partial charge in [0.15, 0.2) is 0 Å². The Balaban J connectivity index is 1.07. The van der Waals surface area contributed by atoms with E-state index < -0.39 is 41.3 Å². The lowest BCUT2D eigenvalue weighted by Crippen LogP contribution is -2.41. The Labute approximate surface area is 289 Å². The van der Waals surface area contributed by atoms with Crippen molar-refractivity contribution >= 4 is 40.7 Å². The van der Waals surface area contributed by atoms with E-state index in [1.807, 2.05) is 48.5 Å². The summed E-state index contributed by atoms with van der Waals surface area (Å²) in [5, 5.41) is 18.1. The molecule has 12 heteroatoms. The zero-order chi connectivity index (χ0) is 36.0. The molecular weight excluding hydrogens is 642 g/mol. The maximum Gasteiger partial charge on any atom is 0.412 e. The highest BCUT2D eigenvalue weighted by molar-refractivity contribution is 5.91. The number of aryl methyl sites for hydroxylation is 1. The quantitative estimate of drug-likeness (QED) is 0.0992. The molecule has 1 aliphatic carbocycles. The first-order valence-electron chi connectivity index (χ1n) is 16.5. The van der Waals surface area contributed by atoms with E-state index >= 15 is 0 Å². The molecule has 1 heterocycles. The summed E-state index contributed by atoms with van der Waals surface area (Å²) >= 11 is 0. The van der Waals surface area contributed by atoms with Crippen LogP contribution < -0.4 is 21.6 Å². The smallest absolute Gasteiger partial charge is 0.412 e. The molecule has 5 rings (SSSR count). The van der Waals surface area contributed by atoms with Gasteiger partial charge in [-0.15, -0.1) is 0 Å². The summed E-state index contributed by atoms with van der Waals surface area (Å²) in [5.74, 6) is -1.73. The molecule has 12 nitrogen and oxygen atoms in total. The number of alkyl carbamates (subject to hydrolysis) is 1. The highest BCUT2D eigenvalue weighted by atomic mass is 16.6. The van der Waals surface area contributed by atoms with Crippen LogP contribution in [-0.2, 0) is 25.5 Å². The predicted molar refractivity (Wildman–Crippen MR) is 187 cm³/mol. The predicted octanol–water partition coefficient (Wildman–Crippen LogP) is 6.27. The number of rotatable bonds is 12. The molecule has 3 aromatic carbocycles. The lowest BCUT2D eigenvalue weighted by Gasteiger charge is -2.19. The number of amides is 3. The molecule has 0 radical (unpaired) electrons. The zero-order valence-corrected chi connectivity index (χ0v) is 28.5. The number of hydrogen-bond acceptors (Lipinski definition) is 8. The zero-order valence-electron chi connectivity index (χ0n) is 28.5. The lowest BCUT2D eigenvalue weighted by atomic mass is 9.98. The van der Waals surface area contributed by atoms with Crippen LogP contribution in [0.4, 0.5) is 15.3 Å². The summed E-state index contributed by atoms with van der Waals surface area (Å²) in [4.78, 5) is 62.1. The third-order valence-electron chi connectivity index (χ3n) is 8.45. The average molecular weight is 684 g/mol. The van der Waals surface area contributed by atoms with Gasteiger partial charge in [0.2, 0.25) is 5.91 Å². The van der Waals surface area contributed by atoms with E-state index in [2.05, 4.69) is 16.0 Å². The number of hydrogen-bond donors (Lipinski definition) is 4. The van der Waals surface area contributed by atoms with E-state index in [-0.39, 0.29) is 43.1 Å². The first kappa shape index (κ1) is 35.7. The van der Waals surface area contributed by atoms with Gasteiger partial charge < -0.3 is 29.6 Å². The summed E-state index contributed by atoms with van der Waals surface area (Å²) < 4.78 is 16.2. The number of aliphatic carboxylic acids is 1. The van der Waals surface area contributed by atoms with Crippen molar-refractivity contribution in [1.29, 1.82) is 0 Å². The number of nitrogens with one attached hydrogen (secondary N) is 3. The first-order valence-corrected chi connectivity index (χ1v) is 16.5. The van der Waals surface area contributed by atoms with Gasteiger partial charge in [-0.1, -0.05) is 48.5 Å². The van der Waals surface area contributed by atoms with Crippen molar-refractivity contribution in [1.82, 2.24) is 10.6 Å². The Kier molecular flexibility index (Phi) is 10.9. The van der Waals surface area contributed by atoms with E-state index in [4.69, 9.17) is 13.9 Å². The topological polar surface area (TPSA) is 173 Å². The van der Waals surface area contributed by atoms with Crippen LogP contribution in [0.1, 0.15) is 68.2 Å². The summed E-state index contributed by atoms with van der Waals surface area (Å²) in [6.45, 7) is 7.28. The molecule has 0 unspecified atom stereocenters. The van der Waals surface area contributed by atoms with E-state index in [9.17, 15) is 29.1 Å². The van der Waals surface area contributed by atoms with Gasteiger partial charge in [-0.2, -0.15) is 0 Å². The van der Waals surface area contributed by atoms with E-state index in [1.54, 1.807) is 39.8 Å². The number of carbonyl (C=O) groups excluding carboxylic acids is 3. The van der Waals surface area contributed by atoms with Crippen LogP contribution in [0.2, 0.25) is 0 Å². The minimum atomic E-state index is -1.19. The van der Waals surface area contributed by atoms with Gasteiger partial charge in [-0.25, -0.2) is 19.2 Å². The molecule has 1 atom stereocenters. The Morgan fingerprint density at radius 2 is 1.58 bits per heavy atom. The normalized spacial score (nSPS) is 12.8. The van der Waals surface area contributed by atoms with Gasteiger partial charge in [0.1, 0.15) is 23.8 Å². The van der Waals surface area contributed by atoms with Crippen LogP contribution in [0.3, 0.4) is 0 Å². The molecule has 3 amide bonds. The molecule has 0 saturated heterocycles. The monoisotopic (exact) mass is 683 g/mol. The molecule has 1 aromatic heterocycles. The van der Waals surface area contributed by atoms with Crippen LogP contribution in [-0.4, -0.2) is 54.0 Å². The molecule has 1 aliphatic rings. The number of carbonyl (C=O) groups is 4. The SMILES string of the molecule is Cc1c(CC(=O)NCCCC[C@@H](NC(=O)OCC2c3ccccc3-c3ccccc32)C(=O)O)c(=O)oc2cc(NC(=O)OC(C)(C)C)ccc12. The Bertz CT molecular complexity index is 1930. The van der Waals surface area contributed by atoms with E-state index in [0.717, 1.165) is 22.3 Å². The number of carboxylic acids is 1. The molecule has 0 spiro atoms. The fourth-order valence-corrected chi connectivity index (χ4v) is 6.06. The molecule has 0 aliphatic heterocycles. The van der Waals surface area contributed by atoms with E-state index in [0.29, 0.717) is 29.5 Å². The number of carboxylic acid groups (broad SMARTS) is 1. The van der Waals surface area contributed by atoms with Crippen LogP contribution in [0.25, 0.3) is 22.1 Å². The maximum absolute atomic E-state index is 12.8. The maximum atomic E-state index is 12.8. The summed E-state index contributed by atoms with van der Waals surface area (Å²) in [7, 11) is 0. The average Bonchev–Trinajstić information content (AvgIpc) is 3.37. The van der Waals surface area contributed by atoms with E-state index in [1.165, 1.54) is 6.07 Å². The van der Waals surface area contributed by atoms with Gasteiger partial charge in [0, 0.05) is 29.6 Å². The van der Waals surface area contributed by atoms with Crippen LogP contribution in [0.5, 0.6) is 0 Å². The third kappa shape index (κ3) is 8.68. The van der Waals surface area contributed by atoms with Crippen molar-refractivity contribution in [2.24, 2.45) is 0 Å². The van der Waals surface area contributed by atoms with Gasteiger partial charge in [-0.3, -0.25) is 10.1 Å². The lowest BCUT2D eigenvalue weighted by molar-refractivity contribution is -0.139. The fourth-order valence-electron chi connectivity index (χ4n) is 6.06. The van der Waals surface area contributed by atoms with Gasteiger partial charge in [0.25, 0.3) is 0 Å². The Morgan fingerprint density at radius 1 is 0.920 bits per heavy atom. The standard InChI is InChI=1S/C38H41N3O9/c1-22-24-17-16-23(40-37(47)50-38(2,3)4)19-32(24)49-35(45)29(22)20-33(42)39-18-10-9-15-31(34(43)44)41-36(46)48-21-30-27-13-7-5-11-25(27)26-12-6-8-14-28(26)30/h5-8,11-14,16-17,19,30-31H,9-10,15,18,20-21H2,1-4H3,(H,39,42)(H,40,47)(H,41,46)(H,43,44)/t31-/m1/s1. The Hall–Kier alpha value is -5.65. The molecule has 0 bridgehead atoms. The van der Waals surface area contributed by atoms with Crippen molar-refractivity contribution in [3.05, 3.63) is 99.4 Å². The highest BCUT2D eigenvalue weighted by Gasteiger charge is 2.30. The van der Waals surface area contributed by atoms with Crippen molar-refractivity contribution in [2.45, 2.75) is 70.9 Å². The third-order valence-corrected chi connectivity index (χ3v) is 8.45. The van der Waals surface area contributed by atoms with Crippen LogP contribution in [0.15, 0.2) is 75.9 Å². The minimum Gasteiger partial charge on any atom is -0.480 e. The molecule has 4 aromatic rings. The van der Waals surface area contributed by atoms with Crippen molar-refractivity contribution in [2.75, 3.05) is 18.5 Å². The number of unbranched alkanes of at least 4 members (excludes halogenated alkanes) is 1. The van der Waals surface area contributed by atoms with Crippen LogP contribution in [0, 0.1) is 6.92 Å². The summed E-state index contributed by atoms with van der Waals surface area (Å²) in [6, 6.07) is 19.6. The van der Waals surface area contributed by atoms with Gasteiger partial charge in [0.05, 0.1) is 12.0 Å². The minimum absolute atomic E-state index is 0.0691. The molecular formula is C38H41N3O9. The second kappa shape index (κ2) is 15.3. The number of ether oxygens (including phenoxy) is 2. The van der Waals surface area contributed by atoms with Gasteiger partial charge in [-0.05, 0) is 86.9 Å². The largest absolute Gasteiger partial charge is 0.480 e. The Morgan fingerprint density at radius 3 is 2.22 bits per heavy atom. The fraction of sp³-hybridized carbons (Fsp3) is 0.342. The molecule has 4 N–H and O–H groups in total. The summed E-state index contributed by atoms with van der Waals surface area (Å²) in [5.41, 5.74) is 4.38. The second-order valence-corrected chi connectivity index (χ2v) is 13.2. The van der Waals surface area contributed by atoms with Crippen molar-refractivity contribution < 1.29 is 38.2 Å².